The summed E-state index contributed by atoms with van der Waals surface area (Å²) in [5, 5.41) is 24.9. The largest absolute Gasteiger partial charge is 0.492 e. The van der Waals surface area contributed by atoms with Gasteiger partial charge in [-0.05, 0) is 32.3 Å². The molecule has 0 saturated carbocycles. The number of piperidine rings is 1. The van der Waals surface area contributed by atoms with Crippen LogP contribution in [0.1, 0.15) is 40.7 Å². The molecule has 25 heavy (non-hydrogen) atoms. The Labute approximate surface area is 150 Å². The second-order valence-corrected chi connectivity index (χ2v) is 7.74. The maximum absolute atomic E-state index is 10.8. The first kappa shape index (κ1) is 16.5. The van der Waals surface area contributed by atoms with Crippen molar-refractivity contribution in [2.24, 2.45) is 0 Å². The zero-order valence-corrected chi connectivity index (χ0v) is 15.2. The number of aromatic hydroxyl groups is 1. The minimum atomic E-state index is -0.229. The van der Waals surface area contributed by atoms with Gasteiger partial charge in [-0.15, -0.1) is 5.10 Å². The van der Waals surface area contributed by atoms with E-state index in [2.05, 4.69) is 46.2 Å². The number of aryl methyl sites for hydroxylation is 2. The second kappa shape index (κ2) is 6.40. The van der Waals surface area contributed by atoms with Crippen molar-refractivity contribution in [3.8, 4) is 5.88 Å². The van der Waals surface area contributed by atoms with Gasteiger partial charge in [0.25, 0.3) is 0 Å². The average molecular weight is 358 g/mol. The average Bonchev–Trinajstić information content (AvgIpc) is 3.08. The fraction of sp³-hybridized carbons (Fsp3) is 0.444. The SMILES string of the molecule is Cc1cccc(C(c2sc3nc(C)nn3c2O)N2CCC(O)CC2)c1. The molecule has 0 aliphatic carbocycles. The van der Waals surface area contributed by atoms with Gasteiger partial charge in [-0.3, -0.25) is 4.90 Å². The van der Waals surface area contributed by atoms with E-state index in [0.717, 1.165) is 36.4 Å². The lowest BCUT2D eigenvalue weighted by Crippen LogP contribution is -2.38. The Morgan fingerprint density at radius 3 is 2.68 bits per heavy atom. The van der Waals surface area contributed by atoms with Gasteiger partial charge in [0.05, 0.1) is 17.0 Å². The summed E-state index contributed by atoms with van der Waals surface area (Å²) in [6.45, 7) is 5.49. The molecule has 1 aliphatic heterocycles. The van der Waals surface area contributed by atoms with E-state index < -0.39 is 0 Å². The van der Waals surface area contributed by atoms with Crippen molar-refractivity contribution in [2.75, 3.05) is 13.1 Å². The molecule has 7 heteroatoms. The van der Waals surface area contributed by atoms with Gasteiger partial charge in [-0.2, -0.15) is 4.52 Å². The van der Waals surface area contributed by atoms with E-state index in [4.69, 9.17) is 0 Å². The van der Waals surface area contributed by atoms with Crippen molar-refractivity contribution in [2.45, 2.75) is 38.8 Å². The van der Waals surface area contributed by atoms with E-state index in [1.165, 1.54) is 21.4 Å². The highest BCUT2D eigenvalue weighted by molar-refractivity contribution is 7.17. The van der Waals surface area contributed by atoms with Gasteiger partial charge in [0.15, 0.2) is 0 Å². The van der Waals surface area contributed by atoms with E-state index in [1.807, 2.05) is 6.92 Å². The van der Waals surface area contributed by atoms with E-state index in [1.54, 1.807) is 0 Å². The molecular weight excluding hydrogens is 336 g/mol. The molecule has 1 fully saturated rings. The summed E-state index contributed by atoms with van der Waals surface area (Å²) in [5.74, 6) is 0.819. The van der Waals surface area contributed by atoms with Gasteiger partial charge in [-0.1, -0.05) is 41.2 Å². The molecule has 0 amide bonds. The number of hydrogen-bond acceptors (Lipinski definition) is 6. The monoisotopic (exact) mass is 358 g/mol. The third-order valence-corrected chi connectivity index (χ3v) is 5.85. The lowest BCUT2D eigenvalue weighted by atomic mass is 9.98. The Hall–Kier alpha value is -1.96. The molecule has 1 saturated heterocycles. The minimum Gasteiger partial charge on any atom is -0.492 e. The van der Waals surface area contributed by atoms with Crippen LogP contribution in [0.2, 0.25) is 0 Å². The van der Waals surface area contributed by atoms with Crippen LogP contribution in [0.5, 0.6) is 5.88 Å². The molecule has 2 aromatic heterocycles. The quantitative estimate of drug-likeness (QED) is 0.753. The first-order valence-corrected chi connectivity index (χ1v) is 9.38. The Bertz CT molecular complexity index is 896. The topological polar surface area (TPSA) is 73.9 Å². The summed E-state index contributed by atoms with van der Waals surface area (Å²) in [5.41, 5.74) is 2.34. The standard InChI is InChI=1S/C18H22N4O2S/c1-11-4-3-5-13(10-11)15(21-8-6-14(23)7-9-21)16-17(24)22-18(25-16)19-12(2)20-22/h3-5,10,14-15,23-24H,6-9H2,1-2H3. The lowest BCUT2D eigenvalue weighted by molar-refractivity contribution is 0.0689. The van der Waals surface area contributed by atoms with Crippen molar-refractivity contribution < 1.29 is 10.2 Å². The third kappa shape index (κ3) is 3.03. The number of likely N-dealkylation sites (tertiary alicyclic amines) is 1. The zero-order chi connectivity index (χ0) is 17.6. The van der Waals surface area contributed by atoms with Crippen LogP contribution >= 0.6 is 11.3 Å². The number of benzene rings is 1. The van der Waals surface area contributed by atoms with E-state index in [9.17, 15) is 10.2 Å². The second-order valence-electron chi connectivity index (χ2n) is 6.73. The number of nitrogens with zero attached hydrogens (tertiary/aromatic N) is 4. The molecule has 2 N–H and O–H groups in total. The molecule has 3 aromatic rings. The molecule has 1 aromatic carbocycles. The van der Waals surface area contributed by atoms with Crippen LogP contribution in [0, 0.1) is 13.8 Å². The van der Waals surface area contributed by atoms with Gasteiger partial charge in [0, 0.05) is 13.1 Å². The smallest absolute Gasteiger partial charge is 0.230 e. The maximum Gasteiger partial charge on any atom is 0.230 e. The van der Waals surface area contributed by atoms with Crippen LogP contribution in [0.4, 0.5) is 0 Å². The molecule has 3 heterocycles. The molecule has 1 unspecified atom stereocenters. The Morgan fingerprint density at radius 2 is 2.00 bits per heavy atom. The molecule has 0 bridgehead atoms. The minimum absolute atomic E-state index is 0.0544. The maximum atomic E-state index is 10.8. The summed E-state index contributed by atoms with van der Waals surface area (Å²) < 4.78 is 1.52. The highest BCUT2D eigenvalue weighted by atomic mass is 32.1. The van der Waals surface area contributed by atoms with Crippen molar-refractivity contribution >= 4 is 16.3 Å². The number of fused-ring (bicyclic) bond motifs is 1. The van der Waals surface area contributed by atoms with Gasteiger partial charge in [-0.25, -0.2) is 4.98 Å². The van der Waals surface area contributed by atoms with Crippen LogP contribution in [-0.4, -0.2) is 48.9 Å². The predicted octanol–water partition coefficient (Wildman–Crippen LogP) is 2.66. The number of thiazole rings is 1. The van der Waals surface area contributed by atoms with Crippen molar-refractivity contribution in [3.63, 3.8) is 0 Å². The third-order valence-electron chi connectivity index (χ3n) is 4.78. The van der Waals surface area contributed by atoms with Gasteiger partial charge in [0.2, 0.25) is 10.8 Å². The Kier molecular flexibility index (Phi) is 4.23. The number of hydrogen-bond donors (Lipinski definition) is 2. The van der Waals surface area contributed by atoms with Crippen LogP contribution in [-0.2, 0) is 0 Å². The number of aromatic nitrogens is 3. The summed E-state index contributed by atoms with van der Waals surface area (Å²) in [6, 6.07) is 8.34. The Balaban J connectivity index is 1.81. The van der Waals surface area contributed by atoms with E-state index in [-0.39, 0.29) is 18.0 Å². The van der Waals surface area contributed by atoms with Gasteiger partial charge >= 0.3 is 0 Å². The fourth-order valence-electron chi connectivity index (χ4n) is 3.54. The molecular formula is C18H22N4O2S. The number of rotatable bonds is 3. The summed E-state index contributed by atoms with van der Waals surface area (Å²) in [7, 11) is 0. The van der Waals surface area contributed by atoms with Crippen molar-refractivity contribution in [1.29, 1.82) is 0 Å². The molecule has 0 spiro atoms. The highest BCUT2D eigenvalue weighted by Gasteiger charge is 2.31. The zero-order valence-electron chi connectivity index (χ0n) is 14.4. The normalized spacial score (nSPS) is 18.0. The van der Waals surface area contributed by atoms with Crippen molar-refractivity contribution in [1.82, 2.24) is 19.5 Å². The van der Waals surface area contributed by atoms with Crippen LogP contribution in [0.3, 0.4) is 0 Å². The molecule has 4 rings (SSSR count). The summed E-state index contributed by atoms with van der Waals surface area (Å²) >= 11 is 1.48. The lowest BCUT2D eigenvalue weighted by Gasteiger charge is -2.36. The summed E-state index contributed by atoms with van der Waals surface area (Å²) in [4.78, 5) is 8.30. The molecule has 1 aliphatic rings. The molecule has 0 radical (unpaired) electrons. The fourth-order valence-corrected chi connectivity index (χ4v) is 4.70. The Morgan fingerprint density at radius 1 is 1.24 bits per heavy atom. The van der Waals surface area contributed by atoms with Gasteiger partial charge in [0.1, 0.15) is 5.82 Å². The van der Waals surface area contributed by atoms with E-state index >= 15 is 0 Å². The van der Waals surface area contributed by atoms with Gasteiger partial charge < -0.3 is 10.2 Å². The van der Waals surface area contributed by atoms with Crippen molar-refractivity contribution in [3.05, 3.63) is 46.1 Å². The highest BCUT2D eigenvalue weighted by Crippen LogP contribution is 2.40. The van der Waals surface area contributed by atoms with Crippen LogP contribution in [0.15, 0.2) is 24.3 Å². The van der Waals surface area contributed by atoms with Crippen LogP contribution in [0.25, 0.3) is 4.96 Å². The van der Waals surface area contributed by atoms with Crippen LogP contribution < -0.4 is 0 Å². The number of aliphatic hydroxyl groups is 1. The first-order chi connectivity index (χ1) is 12.0. The molecule has 6 nitrogen and oxygen atoms in total. The first-order valence-electron chi connectivity index (χ1n) is 8.56. The van der Waals surface area contributed by atoms with E-state index in [0.29, 0.717) is 10.8 Å². The summed E-state index contributed by atoms with van der Waals surface area (Å²) in [6.07, 6.45) is 1.28. The molecule has 1 atom stereocenters. The number of aliphatic hydroxyl groups excluding tert-OH is 1. The predicted molar refractivity (Wildman–Crippen MR) is 97.1 cm³/mol. The molecule has 132 valence electrons.